The number of thioether (sulfide) groups is 1. The van der Waals surface area contributed by atoms with Gasteiger partial charge in [-0.3, -0.25) is 19.3 Å². The average Bonchev–Trinajstić information content (AvgIpc) is 3.91. The molecule has 2 aromatic rings. The normalized spacial score (nSPS) is 30.7. The van der Waals surface area contributed by atoms with Crippen LogP contribution < -0.4 is 28.3 Å². The summed E-state index contributed by atoms with van der Waals surface area (Å²) >= 11 is 1.95. The molecule has 57 heavy (non-hydrogen) atoms. The number of hydrogen-bond acceptors (Lipinski definition) is 12. The van der Waals surface area contributed by atoms with Crippen molar-refractivity contribution < 1.29 is 59.4 Å². The third-order valence-electron chi connectivity index (χ3n) is 12.0. The fourth-order valence-corrected chi connectivity index (χ4v) is 10.1. The Morgan fingerprint density at radius 2 is 1.44 bits per heavy atom. The molecule has 0 spiro atoms. The molecule has 3 aliphatic carbocycles. The Kier molecular flexibility index (Phi) is 12.5. The average molecular weight is 815 g/mol. The first-order valence-electron chi connectivity index (χ1n) is 18.6. The zero-order valence-electron chi connectivity index (χ0n) is 31.1. The molecule has 2 saturated heterocycles. The van der Waals surface area contributed by atoms with E-state index in [9.17, 15) is 54.3 Å². The number of likely N-dealkylation sites (tertiary alicyclic amines) is 1. The fourth-order valence-electron chi connectivity index (χ4n) is 8.95. The van der Waals surface area contributed by atoms with Crippen LogP contribution in [0.4, 0.5) is 10.5 Å². The van der Waals surface area contributed by atoms with Crippen LogP contribution in [-0.4, -0.2) is 112 Å². The van der Waals surface area contributed by atoms with Gasteiger partial charge in [0.15, 0.2) is 0 Å². The van der Waals surface area contributed by atoms with E-state index < -0.39 is 82.4 Å². The number of amides is 1. The van der Waals surface area contributed by atoms with Crippen LogP contribution in [0.5, 0.6) is 0 Å². The van der Waals surface area contributed by atoms with E-state index in [0.29, 0.717) is 29.5 Å². The molecule has 0 bridgehead atoms. The van der Waals surface area contributed by atoms with Gasteiger partial charge < -0.3 is 58.9 Å². The predicted molar refractivity (Wildman–Crippen MR) is 206 cm³/mol. The second-order valence-electron chi connectivity index (χ2n) is 15.7. The van der Waals surface area contributed by atoms with Crippen LogP contribution in [0.3, 0.4) is 0 Å². The molecule has 18 nitrogen and oxygen atoms in total. The molecular formula is C38H50N6O12S. The molecule has 15 N–H and O–H groups in total. The summed E-state index contributed by atoms with van der Waals surface area (Å²) in [4.78, 5) is 69.2. The van der Waals surface area contributed by atoms with Crippen molar-refractivity contribution >= 4 is 53.4 Å². The van der Waals surface area contributed by atoms with Crippen molar-refractivity contribution in [3.63, 3.8) is 0 Å². The van der Waals surface area contributed by atoms with Gasteiger partial charge in [0, 0.05) is 31.1 Å². The van der Waals surface area contributed by atoms with Crippen LogP contribution in [0.15, 0.2) is 42.5 Å². The van der Waals surface area contributed by atoms with E-state index in [-0.39, 0.29) is 19.4 Å². The van der Waals surface area contributed by atoms with E-state index >= 15 is 0 Å². The minimum Gasteiger partial charge on any atom is -0.481 e. The number of aliphatic carboxylic acids is 5. The molecule has 1 amide bonds. The van der Waals surface area contributed by atoms with Gasteiger partial charge in [0.05, 0.1) is 11.3 Å². The van der Waals surface area contributed by atoms with Gasteiger partial charge >= 0.3 is 35.9 Å². The molecule has 310 valence electrons. The van der Waals surface area contributed by atoms with Crippen LogP contribution in [0.25, 0.3) is 0 Å². The number of fused-ring (bicyclic) bond motifs is 2. The predicted octanol–water partition coefficient (Wildman–Crippen LogP) is 1.51. The van der Waals surface area contributed by atoms with Gasteiger partial charge in [-0.05, 0) is 91.4 Å². The zero-order chi connectivity index (χ0) is 42.1. The highest BCUT2D eigenvalue weighted by Gasteiger charge is 2.65. The Balaban J connectivity index is 0.000000170. The van der Waals surface area contributed by atoms with Crippen molar-refractivity contribution in [1.29, 1.82) is 0 Å². The quantitative estimate of drug-likeness (QED) is 0.180. The smallest absolute Gasteiger partial charge is 0.408 e. The lowest BCUT2D eigenvalue weighted by Gasteiger charge is -2.38. The van der Waals surface area contributed by atoms with E-state index in [4.69, 9.17) is 28.0 Å². The lowest BCUT2D eigenvalue weighted by molar-refractivity contribution is -0.154. The minimum atomic E-state index is -2.17. The van der Waals surface area contributed by atoms with Crippen LogP contribution >= 0.6 is 11.8 Å². The molecule has 7 rings (SSSR count). The molecule has 0 aromatic heterocycles. The molecule has 2 aromatic carbocycles. The number of rotatable bonds is 8. The minimum absolute atomic E-state index is 0.235. The monoisotopic (exact) mass is 814 g/mol. The summed E-state index contributed by atoms with van der Waals surface area (Å²) in [5.74, 6) is -7.77. The van der Waals surface area contributed by atoms with Gasteiger partial charge in [-0.25, -0.2) is 14.4 Å². The van der Waals surface area contributed by atoms with Gasteiger partial charge in [0.25, 0.3) is 0 Å². The number of carboxylic acid groups (broad SMARTS) is 6. The van der Waals surface area contributed by atoms with Crippen molar-refractivity contribution in [1.82, 2.24) is 4.90 Å². The maximum atomic E-state index is 11.9. The summed E-state index contributed by atoms with van der Waals surface area (Å²) in [5, 5.41) is 59.9. The second kappa shape index (κ2) is 16.5. The highest BCUT2D eigenvalue weighted by Crippen LogP contribution is 2.49. The standard InChI is InChI=1S/C15H20N2O2S.C13H19N3O8.C10H11NO2/c16-15(14(18)19)8-7-10-11(15)4-3-5-12(10)17-13-6-1-2-9-20-13;14-6-3-13(10(21)22,16(4-6)11(23)24)5-1-7(8(17)18)12(15,2-5)9(19)20;11-10(9(12)13)5-7-3-1-2-4-8(7)6-10/h3-5,13,17H,1-2,6-9,16H2,(H,18,19);5-7H,1-4,14-15H2,(H,17,18)(H,19,20)(H,21,22)(H,23,24);1-4H,5-6,11H2,(H,12,13). The molecule has 7 atom stereocenters. The highest BCUT2D eigenvalue weighted by molar-refractivity contribution is 8.00. The van der Waals surface area contributed by atoms with Gasteiger partial charge in [-0.2, -0.15) is 0 Å². The van der Waals surface area contributed by atoms with Crippen LogP contribution in [0.1, 0.15) is 67.2 Å². The van der Waals surface area contributed by atoms with Crippen LogP contribution in [0, 0.1) is 11.8 Å². The molecule has 2 aliphatic heterocycles. The summed E-state index contributed by atoms with van der Waals surface area (Å²) in [7, 11) is 0. The Bertz CT molecular complexity index is 1900. The van der Waals surface area contributed by atoms with E-state index in [1.807, 2.05) is 54.2 Å². The fraction of sp³-hybridized carbons (Fsp3) is 0.526. The van der Waals surface area contributed by atoms with Crippen LogP contribution in [0.2, 0.25) is 0 Å². The molecular weight excluding hydrogens is 765 g/mol. The topological polar surface area (TPSA) is 343 Å². The first-order valence-corrected chi connectivity index (χ1v) is 19.6. The number of anilines is 1. The lowest BCUT2D eigenvalue weighted by Crippen LogP contribution is -2.58. The summed E-state index contributed by atoms with van der Waals surface area (Å²) in [5.41, 5.74) is 21.9. The van der Waals surface area contributed by atoms with Crippen molar-refractivity contribution in [2.24, 2.45) is 34.8 Å². The number of benzene rings is 2. The van der Waals surface area contributed by atoms with E-state index in [1.54, 1.807) is 0 Å². The van der Waals surface area contributed by atoms with E-state index in [2.05, 4.69) is 5.32 Å². The van der Waals surface area contributed by atoms with Gasteiger partial charge in [-0.15, -0.1) is 11.8 Å². The highest BCUT2D eigenvalue weighted by atomic mass is 32.2. The second-order valence-corrected chi connectivity index (χ2v) is 17.0. The molecule has 0 radical (unpaired) electrons. The Morgan fingerprint density at radius 1 is 0.789 bits per heavy atom. The lowest BCUT2D eigenvalue weighted by atomic mass is 9.78. The third-order valence-corrected chi connectivity index (χ3v) is 13.3. The summed E-state index contributed by atoms with van der Waals surface area (Å²) < 4.78 is 0. The number of carbonyl (C=O) groups is 6. The number of hydrogen-bond donors (Lipinski definition) is 11. The first kappa shape index (κ1) is 43.2. The SMILES string of the molecule is NC1(C(=O)O)CCc2c(NC3CCCCS3)cccc21.NC1(C(=O)O)Cc2ccccc2C1.NC1CN(C(=O)O)C(C(=O)O)(C2CC(C(=O)O)C(N)(C(=O)O)C2)C1. The van der Waals surface area contributed by atoms with Crippen LogP contribution in [-0.2, 0) is 48.8 Å². The van der Waals surface area contributed by atoms with Crippen molar-refractivity contribution in [2.45, 2.75) is 97.8 Å². The Morgan fingerprint density at radius 3 is 1.93 bits per heavy atom. The van der Waals surface area contributed by atoms with Gasteiger partial charge in [0.2, 0.25) is 0 Å². The maximum absolute atomic E-state index is 11.9. The number of nitrogens with zero attached hydrogens (tertiary/aromatic N) is 1. The van der Waals surface area contributed by atoms with Gasteiger partial charge in [0.1, 0.15) is 22.2 Å². The largest absolute Gasteiger partial charge is 0.481 e. The van der Waals surface area contributed by atoms with Crippen molar-refractivity contribution in [3.8, 4) is 0 Å². The molecule has 5 aliphatic rings. The molecule has 7 unspecified atom stereocenters. The maximum Gasteiger partial charge on any atom is 0.408 e. The van der Waals surface area contributed by atoms with Crippen molar-refractivity contribution in [2.75, 3.05) is 17.6 Å². The molecule has 19 heteroatoms. The Labute approximate surface area is 331 Å². The third kappa shape index (κ3) is 8.25. The summed E-state index contributed by atoms with van der Waals surface area (Å²) in [6, 6.07) is 12.7. The van der Waals surface area contributed by atoms with Gasteiger partial charge in [-0.1, -0.05) is 36.4 Å². The number of nitrogens with one attached hydrogen (secondary N) is 1. The molecule has 3 fully saturated rings. The van der Waals surface area contributed by atoms with Crippen molar-refractivity contribution in [3.05, 3.63) is 64.7 Å². The number of nitrogens with two attached hydrogens (primary N) is 4. The summed E-state index contributed by atoms with van der Waals surface area (Å²) in [6.07, 6.45) is 3.24. The first-order chi connectivity index (χ1) is 26.7. The molecule has 1 saturated carbocycles. The Hall–Kier alpha value is -4.95. The number of carboxylic acids is 5. The van der Waals surface area contributed by atoms with E-state index in [0.717, 1.165) is 34.4 Å². The molecule has 2 heterocycles. The zero-order valence-corrected chi connectivity index (χ0v) is 32.0. The summed E-state index contributed by atoms with van der Waals surface area (Å²) in [6.45, 7) is -0.236. The van der Waals surface area contributed by atoms with E-state index in [1.165, 1.54) is 25.0 Å².